The predicted molar refractivity (Wildman–Crippen MR) is 92.6 cm³/mol. The summed E-state index contributed by atoms with van der Waals surface area (Å²) in [5.74, 6) is 1.74. The van der Waals surface area contributed by atoms with Crippen LogP contribution in [-0.2, 0) is 26.2 Å². The van der Waals surface area contributed by atoms with Gasteiger partial charge in [0.05, 0.1) is 11.6 Å². The number of fused-ring (bicyclic) bond motifs is 2. The van der Waals surface area contributed by atoms with Gasteiger partial charge in [0.15, 0.2) is 11.5 Å². The number of hydrogen-bond donors (Lipinski definition) is 0. The topological polar surface area (TPSA) is 52.7 Å². The molecule has 4 aliphatic heterocycles. The van der Waals surface area contributed by atoms with E-state index in [-0.39, 0.29) is 29.5 Å². The summed E-state index contributed by atoms with van der Waals surface area (Å²) in [5.41, 5.74) is 2.42. The first-order valence-corrected chi connectivity index (χ1v) is 9.65. The maximum atomic E-state index is 6.50. The molecule has 140 valence electrons. The van der Waals surface area contributed by atoms with Crippen LogP contribution >= 0.6 is 0 Å². The summed E-state index contributed by atoms with van der Waals surface area (Å²) in [7, 11) is 3.56. The largest absolute Gasteiger partial charge is 0.454 e. The van der Waals surface area contributed by atoms with Crippen LogP contribution in [0.1, 0.15) is 30.4 Å². The van der Waals surface area contributed by atoms with E-state index in [0.29, 0.717) is 6.79 Å². The summed E-state index contributed by atoms with van der Waals surface area (Å²) in [6, 6.07) is 4.42. The predicted octanol–water partition coefficient (Wildman–Crippen LogP) is 1.83. The van der Waals surface area contributed by atoms with Gasteiger partial charge in [0.1, 0.15) is 17.8 Å². The van der Waals surface area contributed by atoms with E-state index in [1.54, 1.807) is 14.2 Å². The Morgan fingerprint density at radius 2 is 1.96 bits per heavy atom. The molecule has 0 aromatic heterocycles. The molecule has 5 atom stereocenters. The van der Waals surface area contributed by atoms with Crippen LogP contribution < -0.4 is 9.47 Å². The fraction of sp³-hybridized carbons (Fsp3) is 0.700. The zero-order valence-corrected chi connectivity index (χ0v) is 15.3. The van der Waals surface area contributed by atoms with Crippen molar-refractivity contribution in [1.29, 1.82) is 0 Å². The number of nitrogens with zero attached hydrogens (tertiary/aromatic N) is 1. The van der Waals surface area contributed by atoms with Crippen molar-refractivity contribution in [2.24, 2.45) is 0 Å². The zero-order valence-electron chi connectivity index (χ0n) is 15.3. The molecule has 2 saturated heterocycles. The molecular weight excluding hydrogens is 334 g/mol. The Kier molecular flexibility index (Phi) is 3.10. The molecule has 5 aliphatic rings. The lowest BCUT2D eigenvalue weighted by atomic mass is 9.66. The van der Waals surface area contributed by atoms with E-state index >= 15 is 0 Å². The first-order chi connectivity index (χ1) is 12.7. The summed E-state index contributed by atoms with van der Waals surface area (Å²) in [6.45, 7) is 2.47. The lowest BCUT2D eigenvalue weighted by Crippen LogP contribution is -2.59. The average Bonchev–Trinajstić information content (AvgIpc) is 3.13. The lowest BCUT2D eigenvalue weighted by Gasteiger charge is -2.47. The molecule has 4 heterocycles. The van der Waals surface area contributed by atoms with Gasteiger partial charge in [-0.1, -0.05) is 0 Å². The first-order valence-electron chi connectivity index (χ1n) is 9.65. The molecule has 6 heteroatoms. The molecule has 0 amide bonds. The van der Waals surface area contributed by atoms with Crippen molar-refractivity contribution in [2.75, 3.05) is 34.1 Å². The van der Waals surface area contributed by atoms with E-state index in [2.05, 4.69) is 17.0 Å². The van der Waals surface area contributed by atoms with Crippen LogP contribution in [0.25, 0.3) is 0 Å². The highest BCUT2D eigenvalue weighted by Gasteiger charge is 2.80. The Morgan fingerprint density at radius 1 is 1.12 bits per heavy atom. The third kappa shape index (κ3) is 1.68. The minimum absolute atomic E-state index is 0.00582. The van der Waals surface area contributed by atoms with E-state index < -0.39 is 0 Å². The van der Waals surface area contributed by atoms with Gasteiger partial charge in [-0.3, -0.25) is 4.90 Å². The van der Waals surface area contributed by atoms with Gasteiger partial charge in [-0.15, -0.1) is 0 Å². The maximum Gasteiger partial charge on any atom is 0.231 e. The Labute approximate surface area is 153 Å². The van der Waals surface area contributed by atoms with Crippen molar-refractivity contribution >= 4 is 0 Å². The van der Waals surface area contributed by atoms with Gasteiger partial charge >= 0.3 is 0 Å². The zero-order chi connectivity index (χ0) is 17.5. The lowest BCUT2D eigenvalue weighted by molar-refractivity contribution is -0.0902. The van der Waals surface area contributed by atoms with Gasteiger partial charge in [-0.25, -0.2) is 0 Å². The quantitative estimate of drug-likeness (QED) is 0.751. The SMILES string of the molecule is COC1CC23c4cc5c(cc4CCCN2CCC32OC2C1OC)OCO5. The fourth-order valence-corrected chi connectivity index (χ4v) is 6.27. The molecule has 0 radical (unpaired) electrons. The summed E-state index contributed by atoms with van der Waals surface area (Å²) in [6.07, 6.45) is 4.31. The summed E-state index contributed by atoms with van der Waals surface area (Å²) < 4.78 is 29.6. The maximum absolute atomic E-state index is 6.50. The molecule has 26 heavy (non-hydrogen) atoms. The minimum atomic E-state index is -0.157. The number of hydrogen-bond acceptors (Lipinski definition) is 6. The van der Waals surface area contributed by atoms with Crippen LogP contribution in [0.5, 0.6) is 11.5 Å². The molecule has 3 fully saturated rings. The van der Waals surface area contributed by atoms with Gasteiger partial charge in [0.2, 0.25) is 6.79 Å². The smallest absolute Gasteiger partial charge is 0.231 e. The van der Waals surface area contributed by atoms with E-state index in [1.807, 2.05) is 0 Å². The fourth-order valence-electron chi connectivity index (χ4n) is 6.27. The number of epoxide rings is 1. The van der Waals surface area contributed by atoms with Crippen molar-refractivity contribution in [3.05, 3.63) is 23.3 Å². The number of methoxy groups -OCH3 is 2. The molecule has 1 aliphatic carbocycles. The number of aryl methyl sites for hydroxylation is 1. The van der Waals surface area contributed by atoms with Crippen molar-refractivity contribution < 1.29 is 23.7 Å². The molecule has 2 spiro atoms. The third-order valence-electron chi connectivity index (χ3n) is 7.39. The summed E-state index contributed by atoms with van der Waals surface area (Å²) in [5, 5.41) is 0. The Bertz CT molecular complexity index is 769. The second kappa shape index (κ2) is 5.13. The molecule has 0 bridgehead atoms. The van der Waals surface area contributed by atoms with Crippen LogP contribution in [0.15, 0.2) is 12.1 Å². The summed E-state index contributed by atoms with van der Waals surface area (Å²) >= 11 is 0. The van der Waals surface area contributed by atoms with Gasteiger partial charge in [-0.2, -0.15) is 0 Å². The van der Waals surface area contributed by atoms with Crippen LogP contribution in [0.3, 0.4) is 0 Å². The third-order valence-corrected chi connectivity index (χ3v) is 7.39. The molecule has 1 aromatic rings. The number of ether oxygens (including phenoxy) is 5. The van der Waals surface area contributed by atoms with E-state index in [4.69, 9.17) is 23.7 Å². The van der Waals surface area contributed by atoms with Crippen LogP contribution in [0.2, 0.25) is 0 Å². The molecule has 1 aromatic carbocycles. The molecule has 6 rings (SSSR count). The second-order valence-electron chi connectivity index (χ2n) is 8.17. The average molecular weight is 359 g/mol. The molecule has 5 unspecified atom stereocenters. The molecule has 0 N–H and O–H groups in total. The van der Waals surface area contributed by atoms with Crippen molar-refractivity contribution in [2.45, 2.75) is 55.1 Å². The van der Waals surface area contributed by atoms with Crippen LogP contribution in [0.4, 0.5) is 0 Å². The monoisotopic (exact) mass is 359 g/mol. The van der Waals surface area contributed by atoms with Gasteiger partial charge in [-0.05, 0) is 49.1 Å². The number of rotatable bonds is 2. The molecule has 1 saturated carbocycles. The molecule has 6 nitrogen and oxygen atoms in total. The first kappa shape index (κ1) is 15.7. The summed E-state index contributed by atoms with van der Waals surface area (Å²) in [4.78, 5) is 2.65. The van der Waals surface area contributed by atoms with Crippen molar-refractivity contribution in [1.82, 2.24) is 4.90 Å². The van der Waals surface area contributed by atoms with Gasteiger partial charge < -0.3 is 23.7 Å². The highest BCUT2D eigenvalue weighted by Crippen LogP contribution is 2.67. The highest BCUT2D eigenvalue weighted by molar-refractivity contribution is 5.54. The Balaban J connectivity index is 1.56. The van der Waals surface area contributed by atoms with Gasteiger partial charge in [0.25, 0.3) is 0 Å². The van der Waals surface area contributed by atoms with Gasteiger partial charge in [0, 0.05) is 27.2 Å². The van der Waals surface area contributed by atoms with Crippen LogP contribution in [-0.4, -0.2) is 62.9 Å². The Morgan fingerprint density at radius 3 is 2.77 bits per heavy atom. The second-order valence-corrected chi connectivity index (χ2v) is 8.17. The standard InChI is InChI=1S/C20H25NO5/c1-22-16-10-19-13-9-15-14(24-11-25-15)8-12(13)4-3-6-21(19)7-5-20(19)18(26-20)17(16)23-2/h8-9,16-18H,3-7,10-11H2,1-2H3. The van der Waals surface area contributed by atoms with Crippen molar-refractivity contribution in [3.8, 4) is 11.5 Å². The van der Waals surface area contributed by atoms with E-state index in [9.17, 15) is 0 Å². The minimum Gasteiger partial charge on any atom is -0.454 e. The Hall–Kier alpha value is -1.34. The van der Waals surface area contributed by atoms with Crippen LogP contribution in [0, 0.1) is 0 Å². The normalized spacial score (nSPS) is 42.5. The van der Waals surface area contributed by atoms with Crippen molar-refractivity contribution in [3.63, 3.8) is 0 Å². The van der Waals surface area contributed by atoms with E-state index in [1.165, 1.54) is 11.1 Å². The highest BCUT2D eigenvalue weighted by atomic mass is 16.7. The van der Waals surface area contributed by atoms with E-state index in [0.717, 1.165) is 50.3 Å². The molecular formula is C20H25NO5. The number of benzene rings is 1.